The molecule has 1 aromatic rings. The van der Waals surface area contributed by atoms with Crippen molar-refractivity contribution in [3.63, 3.8) is 0 Å². The Morgan fingerprint density at radius 2 is 2.29 bits per heavy atom. The van der Waals surface area contributed by atoms with Gasteiger partial charge in [0, 0.05) is 19.3 Å². The molecule has 1 aromatic heterocycles. The number of imidazole rings is 1. The number of nitrogens with one attached hydrogen (secondary N) is 1. The molecule has 1 fully saturated rings. The predicted octanol–water partition coefficient (Wildman–Crippen LogP) is 1.86. The standard InChI is InChI=1S/C15H26N4O2/c1-15(2,3)21-14(20)17-8-13-7-16-11-19(13)10-12-5-6-18(4)9-12/h7,11-12H,5-6,8-10H2,1-4H3,(H,17,20). The average molecular weight is 294 g/mol. The van der Waals surface area contributed by atoms with Crippen LogP contribution in [-0.2, 0) is 17.8 Å². The Labute approximate surface area is 126 Å². The molecule has 0 saturated carbocycles. The third-order valence-corrected chi connectivity index (χ3v) is 3.56. The topological polar surface area (TPSA) is 59.4 Å². The van der Waals surface area contributed by atoms with Gasteiger partial charge in [0.2, 0.25) is 0 Å². The summed E-state index contributed by atoms with van der Waals surface area (Å²) in [5.74, 6) is 0.657. The van der Waals surface area contributed by atoms with Gasteiger partial charge >= 0.3 is 6.09 Å². The maximum atomic E-state index is 11.7. The summed E-state index contributed by atoms with van der Waals surface area (Å²) < 4.78 is 7.36. The Kier molecular flexibility index (Phi) is 4.88. The van der Waals surface area contributed by atoms with E-state index in [0.29, 0.717) is 12.5 Å². The number of amides is 1. The first kappa shape index (κ1) is 15.8. The number of hydrogen-bond donors (Lipinski definition) is 1. The monoisotopic (exact) mass is 294 g/mol. The minimum absolute atomic E-state index is 0.393. The lowest BCUT2D eigenvalue weighted by atomic mass is 10.1. The van der Waals surface area contributed by atoms with Gasteiger partial charge in [-0.2, -0.15) is 0 Å². The first-order chi connectivity index (χ1) is 9.83. The van der Waals surface area contributed by atoms with Gasteiger partial charge in [0.25, 0.3) is 0 Å². The summed E-state index contributed by atoms with van der Waals surface area (Å²) in [5.41, 5.74) is 0.536. The van der Waals surface area contributed by atoms with Crippen molar-refractivity contribution < 1.29 is 9.53 Å². The van der Waals surface area contributed by atoms with E-state index in [9.17, 15) is 4.79 Å². The van der Waals surface area contributed by atoms with E-state index in [0.717, 1.165) is 25.3 Å². The third-order valence-electron chi connectivity index (χ3n) is 3.56. The lowest BCUT2D eigenvalue weighted by molar-refractivity contribution is 0.0522. The molecule has 0 spiro atoms. The highest BCUT2D eigenvalue weighted by Gasteiger charge is 2.21. The maximum Gasteiger partial charge on any atom is 0.407 e. The Balaban J connectivity index is 1.84. The highest BCUT2D eigenvalue weighted by Crippen LogP contribution is 2.17. The smallest absolute Gasteiger partial charge is 0.407 e. The number of likely N-dealkylation sites (tertiary alicyclic amines) is 1. The molecule has 6 heteroatoms. The zero-order valence-corrected chi connectivity index (χ0v) is 13.4. The fourth-order valence-electron chi connectivity index (χ4n) is 2.59. The van der Waals surface area contributed by atoms with Gasteiger partial charge in [-0.1, -0.05) is 0 Å². The number of rotatable bonds is 4. The predicted molar refractivity (Wildman–Crippen MR) is 80.9 cm³/mol. The molecule has 1 unspecified atom stereocenters. The summed E-state index contributed by atoms with van der Waals surface area (Å²) in [7, 11) is 2.15. The Bertz CT molecular complexity index is 478. The van der Waals surface area contributed by atoms with E-state index < -0.39 is 11.7 Å². The number of hydrogen-bond acceptors (Lipinski definition) is 4. The molecule has 1 amide bonds. The van der Waals surface area contributed by atoms with Gasteiger partial charge in [-0.15, -0.1) is 0 Å². The van der Waals surface area contributed by atoms with Gasteiger partial charge in [0.05, 0.1) is 18.6 Å². The van der Waals surface area contributed by atoms with Gasteiger partial charge < -0.3 is 19.5 Å². The van der Waals surface area contributed by atoms with Crippen LogP contribution < -0.4 is 5.32 Å². The van der Waals surface area contributed by atoms with Crippen molar-refractivity contribution in [2.45, 2.75) is 45.9 Å². The van der Waals surface area contributed by atoms with Crippen LogP contribution in [0.4, 0.5) is 4.79 Å². The molecular weight excluding hydrogens is 268 g/mol. The van der Waals surface area contributed by atoms with E-state index in [-0.39, 0.29) is 0 Å². The van der Waals surface area contributed by atoms with Crippen LogP contribution in [0.15, 0.2) is 12.5 Å². The molecule has 0 aromatic carbocycles. The number of carbonyl (C=O) groups is 1. The molecule has 6 nitrogen and oxygen atoms in total. The highest BCUT2D eigenvalue weighted by atomic mass is 16.6. The molecule has 1 atom stereocenters. The molecule has 0 radical (unpaired) electrons. The Morgan fingerprint density at radius 1 is 1.52 bits per heavy atom. The number of alkyl carbamates (subject to hydrolysis) is 1. The van der Waals surface area contributed by atoms with Crippen molar-refractivity contribution in [1.82, 2.24) is 19.8 Å². The van der Waals surface area contributed by atoms with E-state index in [1.807, 2.05) is 27.1 Å². The third kappa shape index (κ3) is 5.04. The number of nitrogens with zero attached hydrogens (tertiary/aromatic N) is 3. The SMILES string of the molecule is CN1CCC(Cn2cncc2CNC(=O)OC(C)(C)C)C1. The highest BCUT2D eigenvalue weighted by molar-refractivity contribution is 5.67. The Morgan fingerprint density at radius 3 is 2.90 bits per heavy atom. The lowest BCUT2D eigenvalue weighted by Gasteiger charge is -2.20. The molecule has 21 heavy (non-hydrogen) atoms. The largest absolute Gasteiger partial charge is 0.444 e. The molecule has 118 valence electrons. The summed E-state index contributed by atoms with van der Waals surface area (Å²) in [6.45, 7) is 9.24. The second-order valence-corrected chi connectivity index (χ2v) is 6.81. The summed E-state index contributed by atoms with van der Waals surface area (Å²) in [6.07, 6.45) is 4.46. The first-order valence-corrected chi connectivity index (χ1v) is 7.48. The van der Waals surface area contributed by atoms with Crippen LogP contribution >= 0.6 is 0 Å². The van der Waals surface area contributed by atoms with Crippen molar-refractivity contribution >= 4 is 6.09 Å². The van der Waals surface area contributed by atoms with Crippen LogP contribution in [0.3, 0.4) is 0 Å². The summed E-state index contributed by atoms with van der Waals surface area (Å²) in [6, 6.07) is 0. The maximum absolute atomic E-state index is 11.7. The van der Waals surface area contributed by atoms with E-state index in [4.69, 9.17) is 4.74 Å². The molecule has 1 N–H and O–H groups in total. The molecule has 2 rings (SSSR count). The lowest BCUT2D eigenvalue weighted by Crippen LogP contribution is -2.32. The van der Waals surface area contributed by atoms with Gasteiger partial charge in [-0.05, 0) is 46.7 Å². The van der Waals surface area contributed by atoms with Gasteiger partial charge in [-0.25, -0.2) is 9.78 Å². The molecule has 1 aliphatic heterocycles. The number of ether oxygens (including phenoxy) is 1. The second kappa shape index (κ2) is 6.47. The van der Waals surface area contributed by atoms with Crippen molar-refractivity contribution in [3.05, 3.63) is 18.2 Å². The fraction of sp³-hybridized carbons (Fsp3) is 0.733. The van der Waals surface area contributed by atoms with E-state index in [1.54, 1.807) is 6.20 Å². The zero-order valence-electron chi connectivity index (χ0n) is 13.4. The summed E-state index contributed by atoms with van der Waals surface area (Å²) in [4.78, 5) is 18.2. The van der Waals surface area contributed by atoms with Crippen LogP contribution in [0.25, 0.3) is 0 Å². The normalized spacial score (nSPS) is 19.7. The number of carbonyl (C=O) groups excluding carboxylic acids is 1. The van der Waals surface area contributed by atoms with Crippen LogP contribution in [0.2, 0.25) is 0 Å². The van der Waals surface area contributed by atoms with Crippen LogP contribution in [0, 0.1) is 5.92 Å². The summed E-state index contributed by atoms with van der Waals surface area (Å²) >= 11 is 0. The molecule has 0 bridgehead atoms. The molecule has 2 heterocycles. The molecule has 1 aliphatic rings. The van der Waals surface area contributed by atoms with Crippen LogP contribution in [-0.4, -0.2) is 46.3 Å². The van der Waals surface area contributed by atoms with Crippen LogP contribution in [0.5, 0.6) is 0 Å². The number of aromatic nitrogens is 2. The summed E-state index contributed by atoms with van der Waals surface area (Å²) in [5, 5.41) is 2.78. The minimum atomic E-state index is -0.473. The Hall–Kier alpha value is -1.56. The van der Waals surface area contributed by atoms with Crippen molar-refractivity contribution in [1.29, 1.82) is 0 Å². The molecule has 1 saturated heterocycles. The van der Waals surface area contributed by atoms with Crippen molar-refractivity contribution in [3.8, 4) is 0 Å². The molecular formula is C15H26N4O2. The fourth-order valence-corrected chi connectivity index (χ4v) is 2.59. The van der Waals surface area contributed by atoms with E-state index in [1.165, 1.54) is 6.42 Å². The van der Waals surface area contributed by atoms with E-state index in [2.05, 4.69) is 26.8 Å². The quantitative estimate of drug-likeness (QED) is 0.921. The minimum Gasteiger partial charge on any atom is -0.444 e. The second-order valence-electron chi connectivity index (χ2n) is 6.81. The zero-order chi connectivity index (χ0) is 15.5. The van der Waals surface area contributed by atoms with Crippen molar-refractivity contribution in [2.75, 3.05) is 20.1 Å². The average Bonchev–Trinajstić information content (AvgIpc) is 2.94. The van der Waals surface area contributed by atoms with Gasteiger partial charge in [0.1, 0.15) is 5.60 Å². The van der Waals surface area contributed by atoms with Gasteiger partial charge in [0.15, 0.2) is 0 Å². The van der Waals surface area contributed by atoms with E-state index >= 15 is 0 Å². The van der Waals surface area contributed by atoms with Crippen LogP contribution in [0.1, 0.15) is 32.9 Å². The molecule has 0 aliphatic carbocycles. The van der Waals surface area contributed by atoms with Crippen molar-refractivity contribution in [2.24, 2.45) is 5.92 Å². The first-order valence-electron chi connectivity index (χ1n) is 7.48. The van der Waals surface area contributed by atoms with Gasteiger partial charge in [-0.3, -0.25) is 0 Å².